The van der Waals surface area contributed by atoms with Gasteiger partial charge in [0.15, 0.2) is 0 Å². The molecule has 2 amide bonds. The third-order valence-electron chi connectivity index (χ3n) is 3.19. The van der Waals surface area contributed by atoms with Crippen LogP contribution in [0.5, 0.6) is 0 Å². The van der Waals surface area contributed by atoms with Gasteiger partial charge in [0.1, 0.15) is 11.6 Å². The molecule has 0 radical (unpaired) electrons. The lowest BCUT2D eigenvalue weighted by molar-refractivity contribution is -0.124. The van der Waals surface area contributed by atoms with Crippen LogP contribution >= 0.6 is 11.3 Å². The number of carbonyl (C=O) groups excluding carboxylic acids is 2. The van der Waals surface area contributed by atoms with Crippen LogP contribution in [0.3, 0.4) is 0 Å². The first-order valence-electron chi connectivity index (χ1n) is 6.82. The lowest BCUT2D eigenvalue weighted by Crippen LogP contribution is -2.27. The SMILES string of the molecule is O=C(Nc1nncs1)c1cccc(NC(=O)[C@@H]2CCCO2)c1. The molecule has 2 heterocycles. The number of anilines is 2. The summed E-state index contributed by atoms with van der Waals surface area (Å²) in [5.74, 6) is -0.482. The number of amides is 2. The van der Waals surface area contributed by atoms with Crippen LogP contribution in [0.2, 0.25) is 0 Å². The Morgan fingerprint density at radius 3 is 2.95 bits per heavy atom. The summed E-state index contributed by atoms with van der Waals surface area (Å²) in [6.07, 6.45) is 1.21. The average molecular weight is 318 g/mol. The second-order valence-electron chi connectivity index (χ2n) is 4.77. The van der Waals surface area contributed by atoms with Gasteiger partial charge in [0.25, 0.3) is 11.8 Å². The van der Waals surface area contributed by atoms with Gasteiger partial charge >= 0.3 is 0 Å². The van der Waals surface area contributed by atoms with Gasteiger partial charge < -0.3 is 10.1 Å². The van der Waals surface area contributed by atoms with Crippen molar-refractivity contribution in [2.75, 3.05) is 17.2 Å². The summed E-state index contributed by atoms with van der Waals surface area (Å²) in [6, 6.07) is 6.72. The van der Waals surface area contributed by atoms with Crippen molar-refractivity contribution >= 4 is 34.0 Å². The van der Waals surface area contributed by atoms with E-state index in [1.54, 1.807) is 24.3 Å². The van der Waals surface area contributed by atoms with Gasteiger partial charge in [-0.05, 0) is 31.0 Å². The predicted octanol–water partition coefficient (Wildman–Crippen LogP) is 1.91. The number of nitrogens with zero attached hydrogens (tertiary/aromatic N) is 2. The summed E-state index contributed by atoms with van der Waals surface area (Å²) in [4.78, 5) is 24.1. The van der Waals surface area contributed by atoms with E-state index in [4.69, 9.17) is 4.74 Å². The summed E-state index contributed by atoms with van der Waals surface area (Å²) in [7, 11) is 0. The van der Waals surface area contributed by atoms with Crippen LogP contribution in [0.15, 0.2) is 29.8 Å². The van der Waals surface area contributed by atoms with Crippen LogP contribution < -0.4 is 10.6 Å². The summed E-state index contributed by atoms with van der Waals surface area (Å²) in [5.41, 5.74) is 2.53. The lowest BCUT2D eigenvalue weighted by Gasteiger charge is -2.11. The van der Waals surface area contributed by atoms with E-state index in [0.717, 1.165) is 12.8 Å². The fraction of sp³-hybridized carbons (Fsp3) is 0.286. The predicted molar refractivity (Wildman–Crippen MR) is 81.9 cm³/mol. The molecule has 1 aromatic heterocycles. The first kappa shape index (κ1) is 14.6. The largest absolute Gasteiger partial charge is 0.368 e. The highest BCUT2D eigenvalue weighted by Gasteiger charge is 2.23. The molecule has 0 unspecified atom stereocenters. The number of aromatic nitrogens is 2. The Morgan fingerprint density at radius 1 is 1.32 bits per heavy atom. The highest BCUT2D eigenvalue weighted by atomic mass is 32.1. The van der Waals surface area contributed by atoms with Crippen molar-refractivity contribution in [1.82, 2.24) is 10.2 Å². The van der Waals surface area contributed by atoms with Crippen molar-refractivity contribution in [1.29, 1.82) is 0 Å². The smallest absolute Gasteiger partial charge is 0.257 e. The fourth-order valence-electron chi connectivity index (χ4n) is 2.14. The summed E-state index contributed by atoms with van der Waals surface area (Å²) >= 11 is 1.24. The highest BCUT2D eigenvalue weighted by Crippen LogP contribution is 2.17. The zero-order valence-corrected chi connectivity index (χ0v) is 12.4. The normalized spacial score (nSPS) is 17.2. The van der Waals surface area contributed by atoms with E-state index in [1.807, 2.05) is 0 Å². The maximum absolute atomic E-state index is 12.1. The van der Waals surface area contributed by atoms with E-state index < -0.39 is 6.10 Å². The van der Waals surface area contributed by atoms with Gasteiger partial charge in [-0.15, -0.1) is 10.2 Å². The van der Waals surface area contributed by atoms with Crippen molar-refractivity contribution in [3.8, 4) is 0 Å². The Hall–Kier alpha value is -2.32. The number of carbonyl (C=O) groups is 2. The average Bonchev–Trinajstić information content (AvgIpc) is 3.21. The van der Waals surface area contributed by atoms with Crippen LogP contribution in [-0.4, -0.2) is 34.7 Å². The van der Waals surface area contributed by atoms with E-state index in [9.17, 15) is 9.59 Å². The van der Waals surface area contributed by atoms with Crippen molar-refractivity contribution in [2.24, 2.45) is 0 Å². The Bertz CT molecular complexity index is 668. The minimum atomic E-state index is -0.404. The van der Waals surface area contributed by atoms with Crippen LogP contribution in [0.25, 0.3) is 0 Å². The summed E-state index contributed by atoms with van der Waals surface area (Å²) in [6.45, 7) is 0.613. The Labute approximate surface area is 130 Å². The quantitative estimate of drug-likeness (QED) is 0.898. The third-order valence-corrected chi connectivity index (χ3v) is 3.80. The van der Waals surface area contributed by atoms with Crippen LogP contribution in [0.4, 0.5) is 10.8 Å². The van der Waals surface area contributed by atoms with Crippen molar-refractivity contribution in [2.45, 2.75) is 18.9 Å². The molecule has 1 fully saturated rings. The maximum atomic E-state index is 12.1. The van der Waals surface area contributed by atoms with Crippen molar-refractivity contribution in [3.05, 3.63) is 35.3 Å². The third kappa shape index (κ3) is 3.46. The Balaban J connectivity index is 1.66. The molecule has 22 heavy (non-hydrogen) atoms. The molecule has 0 saturated carbocycles. The van der Waals surface area contributed by atoms with E-state index in [1.165, 1.54) is 16.8 Å². The van der Waals surface area contributed by atoms with E-state index in [2.05, 4.69) is 20.8 Å². The molecule has 0 spiro atoms. The fourth-order valence-corrected chi connectivity index (χ4v) is 2.58. The first-order valence-corrected chi connectivity index (χ1v) is 7.70. The molecule has 7 nitrogen and oxygen atoms in total. The number of rotatable bonds is 4. The van der Waals surface area contributed by atoms with Crippen molar-refractivity contribution < 1.29 is 14.3 Å². The van der Waals surface area contributed by atoms with E-state index in [0.29, 0.717) is 23.0 Å². The molecular weight excluding hydrogens is 304 g/mol. The number of benzene rings is 1. The van der Waals surface area contributed by atoms with Gasteiger partial charge in [-0.1, -0.05) is 17.4 Å². The molecule has 3 rings (SSSR count). The monoisotopic (exact) mass is 318 g/mol. The molecule has 1 aromatic carbocycles. The Kier molecular flexibility index (Phi) is 4.40. The summed E-state index contributed by atoms with van der Waals surface area (Å²) < 4.78 is 5.33. The van der Waals surface area contributed by atoms with Crippen molar-refractivity contribution in [3.63, 3.8) is 0 Å². The second kappa shape index (κ2) is 6.63. The minimum absolute atomic E-state index is 0.181. The number of hydrogen-bond acceptors (Lipinski definition) is 6. The molecule has 1 aliphatic rings. The Morgan fingerprint density at radius 2 is 2.23 bits per heavy atom. The number of ether oxygens (including phenoxy) is 1. The van der Waals surface area contributed by atoms with Gasteiger partial charge in [0, 0.05) is 17.9 Å². The zero-order valence-electron chi connectivity index (χ0n) is 11.6. The van der Waals surface area contributed by atoms with Gasteiger partial charge in [-0.3, -0.25) is 14.9 Å². The van der Waals surface area contributed by atoms with E-state index in [-0.39, 0.29) is 11.8 Å². The highest BCUT2D eigenvalue weighted by molar-refractivity contribution is 7.13. The topological polar surface area (TPSA) is 93.2 Å². The van der Waals surface area contributed by atoms with Crippen LogP contribution in [0, 0.1) is 0 Å². The molecule has 0 bridgehead atoms. The number of hydrogen-bond donors (Lipinski definition) is 2. The molecule has 0 aliphatic carbocycles. The van der Waals surface area contributed by atoms with Gasteiger partial charge in [0.05, 0.1) is 0 Å². The molecule has 114 valence electrons. The standard InChI is InChI=1S/C14H14N4O3S/c19-12(17-14-18-15-8-22-14)9-3-1-4-10(7-9)16-13(20)11-5-2-6-21-11/h1,3-4,7-8,11H,2,5-6H2,(H,16,20)(H,17,18,19)/t11-/m0/s1. The lowest BCUT2D eigenvalue weighted by atomic mass is 10.1. The van der Waals surface area contributed by atoms with Crippen LogP contribution in [-0.2, 0) is 9.53 Å². The molecule has 8 heteroatoms. The summed E-state index contributed by atoms with van der Waals surface area (Å²) in [5, 5.41) is 13.2. The minimum Gasteiger partial charge on any atom is -0.368 e. The van der Waals surface area contributed by atoms with Gasteiger partial charge in [-0.2, -0.15) is 0 Å². The second-order valence-corrected chi connectivity index (χ2v) is 5.60. The molecule has 1 saturated heterocycles. The first-order chi connectivity index (χ1) is 10.7. The molecular formula is C14H14N4O3S. The van der Waals surface area contributed by atoms with Gasteiger partial charge in [0.2, 0.25) is 5.13 Å². The van der Waals surface area contributed by atoms with E-state index >= 15 is 0 Å². The molecule has 1 aliphatic heterocycles. The molecule has 2 aromatic rings. The maximum Gasteiger partial charge on any atom is 0.257 e. The van der Waals surface area contributed by atoms with Gasteiger partial charge in [-0.25, -0.2) is 0 Å². The number of nitrogens with one attached hydrogen (secondary N) is 2. The zero-order chi connectivity index (χ0) is 15.4. The van der Waals surface area contributed by atoms with Crippen LogP contribution in [0.1, 0.15) is 23.2 Å². The molecule has 1 atom stereocenters. The molecule has 2 N–H and O–H groups in total.